The minimum Gasteiger partial charge on any atom is -0.493 e. The summed E-state index contributed by atoms with van der Waals surface area (Å²) in [5.41, 5.74) is 2.20. The molecule has 6 heteroatoms. The van der Waals surface area contributed by atoms with Crippen LogP contribution in [0.3, 0.4) is 0 Å². The van der Waals surface area contributed by atoms with Gasteiger partial charge in [-0.15, -0.1) is 0 Å². The predicted molar refractivity (Wildman–Crippen MR) is 95.8 cm³/mol. The maximum absolute atomic E-state index is 5.37. The fourth-order valence-electron chi connectivity index (χ4n) is 2.70. The molecule has 0 radical (unpaired) electrons. The molecule has 0 spiro atoms. The van der Waals surface area contributed by atoms with Crippen LogP contribution in [-0.2, 0) is 6.54 Å². The van der Waals surface area contributed by atoms with Crippen LogP contribution in [0.2, 0.25) is 0 Å². The number of benzene rings is 2. The smallest absolute Gasteiger partial charge is 0.172 e. The topological polar surface area (TPSA) is 72.1 Å². The summed E-state index contributed by atoms with van der Waals surface area (Å²) in [6, 6.07) is 16.0. The van der Waals surface area contributed by atoms with E-state index >= 15 is 0 Å². The summed E-state index contributed by atoms with van der Waals surface area (Å²) in [4.78, 5) is 4.49. The molecule has 0 aliphatic rings. The van der Waals surface area contributed by atoms with Crippen molar-refractivity contribution < 1.29 is 9.47 Å². The van der Waals surface area contributed by atoms with Crippen molar-refractivity contribution in [3.8, 4) is 11.5 Å². The second-order valence-electron chi connectivity index (χ2n) is 5.69. The Bertz CT molecular complexity index is 817. The number of methoxy groups -OCH3 is 2. The highest BCUT2D eigenvalue weighted by Crippen LogP contribution is 2.28. The molecule has 25 heavy (non-hydrogen) atoms. The molecule has 0 saturated carbocycles. The van der Waals surface area contributed by atoms with E-state index in [0.29, 0.717) is 12.3 Å². The summed E-state index contributed by atoms with van der Waals surface area (Å²) in [5.74, 6) is 2.95. The second kappa shape index (κ2) is 7.81. The molecule has 2 aromatic carbocycles. The number of aromatic nitrogens is 3. The van der Waals surface area contributed by atoms with E-state index in [4.69, 9.17) is 9.47 Å². The van der Waals surface area contributed by atoms with Crippen molar-refractivity contribution in [1.29, 1.82) is 0 Å². The zero-order chi connectivity index (χ0) is 17.6. The first-order chi connectivity index (χ1) is 12.2. The zero-order valence-electron chi connectivity index (χ0n) is 14.6. The molecule has 1 atom stereocenters. The fraction of sp³-hybridized carbons (Fsp3) is 0.263. The molecule has 0 saturated heterocycles. The number of nitrogens with zero attached hydrogens (tertiary/aromatic N) is 2. The van der Waals surface area contributed by atoms with E-state index in [-0.39, 0.29) is 6.04 Å². The maximum Gasteiger partial charge on any atom is 0.172 e. The average Bonchev–Trinajstić information content (AvgIpc) is 3.08. The van der Waals surface area contributed by atoms with Crippen LogP contribution in [-0.4, -0.2) is 29.4 Å². The highest BCUT2D eigenvalue weighted by Gasteiger charge is 2.18. The summed E-state index contributed by atoms with van der Waals surface area (Å²) in [6.45, 7) is 2.54. The lowest BCUT2D eigenvalue weighted by Gasteiger charge is -2.17. The molecule has 1 aromatic heterocycles. The Kier molecular flexibility index (Phi) is 5.30. The van der Waals surface area contributed by atoms with Crippen LogP contribution < -0.4 is 14.8 Å². The Morgan fingerprint density at radius 3 is 2.44 bits per heavy atom. The minimum atomic E-state index is -0.0979. The monoisotopic (exact) mass is 338 g/mol. The molecule has 3 aromatic rings. The zero-order valence-corrected chi connectivity index (χ0v) is 14.6. The number of nitrogens with one attached hydrogen (secondary N) is 2. The van der Waals surface area contributed by atoms with Crippen molar-refractivity contribution in [2.45, 2.75) is 19.5 Å². The van der Waals surface area contributed by atoms with E-state index in [1.165, 1.54) is 0 Å². The lowest BCUT2D eigenvalue weighted by atomic mass is 10.1. The highest BCUT2D eigenvalue weighted by molar-refractivity contribution is 5.43. The fourth-order valence-corrected chi connectivity index (χ4v) is 2.70. The molecule has 2 N–H and O–H groups in total. The van der Waals surface area contributed by atoms with E-state index in [1.54, 1.807) is 14.2 Å². The van der Waals surface area contributed by atoms with Crippen LogP contribution in [0.25, 0.3) is 0 Å². The number of H-pyrrole nitrogens is 1. The van der Waals surface area contributed by atoms with Crippen LogP contribution in [0.5, 0.6) is 11.5 Å². The summed E-state index contributed by atoms with van der Waals surface area (Å²) < 4.78 is 10.7. The average molecular weight is 338 g/mol. The van der Waals surface area contributed by atoms with Crippen LogP contribution in [0, 0.1) is 6.92 Å². The van der Waals surface area contributed by atoms with Crippen LogP contribution >= 0.6 is 0 Å². The molecule has 0 fully saturated rings. The number of rotatable bonds is 7. The van der Waals surface area contributed by atoms with E-state index in [1.807, 2.05) is 43.3 Å². The number of hydrogen-bond acceptors (Lipinski definition) is 5. The third-order valence-electron chi connectivity index (χ3n) is 3.96. The van der Waals surface area contributed by atoms with E-state index in [0.717, 1.165) is 28.5 Å². The Labute approximate surface area is 147 Å². The lowest BCUT2D eigenvalue weighted by molar-refractivity contribution is 0.354. The summed E-state index contributed by atoms with van der Waals surface area (Å²) in [7, 11) is 3.27. The third kappa shape index (κ3) is 3.97. The molecule has 6 nitrogen and oxygen atoms in total. The predicted octanol–water partition coefficient (Wildman–Crippen LogP) is 3.01. The molecule has 0 amide bonds. The molecule has 130 valence electrons. The van der Waals surface area contributed by atoms with Gasteiger partial charge in [0.1, 0.15) is 5.82 Å². The van der Waals surface area contributed by atoms with Gasteiger partial charge in [-0.25, -0.2) is 4.98 Å². The quantitative estimate of drug-likeness (QED) is 0.693. The molecule has 3 rings (SSSR count). The van der Waals surface area contributed by atoms with Gasteiger partial charge >= 0.3 is 0 Å². The van der Waals surface area contributed by atoms with Gasteiger partial charge in [0.2, 0.25) is 0 Å². The van der Waals surface area contributed by atoms with Crippen molar-refractivity contribution in [1.82, 2.24) is 20.5 Å². The van der Waals surface area contributed by atoms with Crippen molar-refractivity contribution in [3.63, 3.8) is 0 Å². The van der Waals surface area contributed by atoms with Gasteiger partial charge in [-0.3, -0.25) is 10.4 Å². The van der Waals surface area contributed by atoms with Gasteiger partial charge < -0.3 is 9.47 Å². The minimum absolute atomic E-state index is 0.0979. The SMILES string of the molecule is COc1ccc(CNC(c2ccccc2)c2n[nH]c(C)n2)cc1OC. The first-order valence-corrected chi connectivity index (χ1v) is 8.09. The van der Waals surface area contributed by atoms with Gasteiger partial charge in [0.15, 0.2) is 17.3 Å². The molecule has 0 aliphatic heterocycles. The highest BCUT2D eigenvalue weighted by atomic mass is 16.5. The molecule has 0 bridgehead atoms. The second-order valence-corrected chi connectivity index (χ2v) is 5.69. The van der Waals surface area contributed by atoms with Crippen molar-refractivity contribution in [2.24, 2.45) is 0 Å². The molecule has 1 heterocycles. The van der Waals surface area contributed by atoms with Gasteiger partial charge in [-0.1, -0.05) is 36.4 Å². The van der Waals surface area contributed by atoms with Gasteiger partial charge in [-0.2, -0.15) is 5.10 Å². The van der Waals surface area contributed by atoms with Crippen LogP contribution in [0.1, 0.15) is 28.8 Å². The van der Waals surface area contributed by atoms with E-state index < -0.39 is 0 Å². The summed E-state index contributed by atoms with van der Waals surface area (Å²) in [5, 5.41) is 10.8. The lowest BCUT2D eigenvalue weighted by Crippen LogP contribution is -2.23. The summed E-state index contributed by atoms with van der Waals surface area (Å²) >= 11 is 0. The largest absolute Gasteiger partial charge is 0.493 e. The van der Waals surface area contributed by atoms with Crippen LogP contribution in [0.15, 0.2) is 48.5 Å². The molecule has 1 unspecified atom stereocenters. The molecular weight excluding hydrogens is 316 g/mol. The van der Waals surface area contributed by atoms with Crippen molar-refractivity contribution in [2.75, 3.05) is 14.2 Å². The Morgan fingerprint density at radius 1 is 1.04 bits per heavy atom. The number of hydrogen-bond donors (Lipinski definition) is 2. The Morgan fingerprint density at radius 2 is 1.80 bits per heavy atom. The number of ether oxygens (including phenoxy) is 2. The normalized spacial score (nSPS) is 12.0. The maximum atomic E-state index is 5.37. The van der Waals surface area contributed by atoms with Gasteiger partial charge in [0.05, 0.1) is 20.3 Å². The first-order valence-electron chi connectivity index (χ1n) is 8.09. The van der Waals surface area contributed by atoms with Crippen LogP contribution in [0.4, 0.5) is 0 Å². The van der Waals surface area contributed by atoms with E-state index in [9.17, 15) is 0 Å². The van der Waals surface area contributed by atoms with Crippen molar-refractivity contribution in [3.05, 3.63) is 71.3 Å². The van der Waals surface area contributed by atoms with Gasteiger partial charge in [0.25, 0.3) is 0 Å². The summed E-state index contributed by atoms with van der Waals surface area (Å²) in [6.07, 6.45) is 0. The Balaban J connectivity index is 1.82. The van der Waals surface area contributed by atoms with Crippen molar-refractivity contribution >= 4 is 0 Å². The third-order valence-corrected chi connectivity index (χ3v) is 3.96. The number of aromatic amines is 1. The standard InChI is InChI=1S/C19H22N4O2/c1-13-21-19(23-22-13)18(15-7-5-4-6-8-15)20-12-14-9-10-16(24-2)17(11-14)25-3/h4-11,18,20H,12H2,1-3H3,(H,21,22,23). The Hall–Kier alpha value is -2.86. The molecular formula is C19H22N4O2. The first kappa shape index (κ1) is 17.0. The number of aryl methyl sites for hydroxylation is 1. The van der Waals surface area contributed by atoms with Gasteiger partial charge in [-0.05, 0) is 30.2 Å². The van der Waals surface area contributed by atoms with Gasteiger partial charge in [0, 0.05) is 6.54 Å². The molecule has 0 aliphatic carbocycles. The van der Waals surface area contributed by atoms with E-state index in [2.05, 4.69) is 32.6 Å².